The van der Waals surface area contributed by atoms with Crippen LogP contribution in [0.4, 0.5) is 4.79 Å². The zero-order chi connectivity index (χ0) is 17.9. The average molecular weight is 396 g/mol. The highest BCUT2D eigenvalue weighted by atomic mass is 35.5. The molecule has 1 aliphatic heterocycles. The molecule has 2 rings (SSSR count). The number of nitrogens with one attached hydrogen (secondary N) is 3. The van der Waals surface area contributed by atoms with E-state index in [0.29, 0.717) is 30.5 Å². The van der Waals surface area contributed by atoms with E-state index in [4.69, 9.17) is 11.6 Å². The standard InChI is InChI=1S/C13H19ClN4O4S2/c1-9(12(19)16-13(20)15-2)17-5-7-18(8-6-17)24(21,22)11-4-3-10(14)23-11/h3-4,9H,5-8H2,1-2H3,(H2,15,16,19,20)/p+1/t9-/m0/s1. The smallest absolute Gasteiger partial charge is 0.321 e. The molecule has 0 unspecified atom stereocenters. The zero-order valence-corrected chi connectivity index (χ0v) is 15.7. The van der Waals surface area contributed by atoms with Crippen molar-refractivity contribution in [2.45, 2.75) is 17.2 Å². The summed E-state index contributed by atoms with van der Waals surface area (Å²) in [7, 11) is -2.11. The first kappa shape index (κ1) is 19.1. The molecule has 1 saturated heterocycles. The van der Waals surface area contributed by atoms with Crippen LogP contribution < -0.4 is 15.5 Å². The molecule has 3 amide bonds. The highest BCUT2D eigenvalue weighted by Crippen LogP contribution is 2.27. The Balaban J connectivity index is 1.96. The van der Waals surface area contributed by atoms with E-state index in [-0.39, 0.29) is 10.1 Å². The van der Waals surface area contributed by atoms with Crippen LogP contribution in [0.1, 0.15) is 6.92 Å². The first-order valence-electron chi connectivity index (χ1n) is 7.38. The van der Waals surface area contributed by atoms with Crippen molar-refractivity contribution in [3.05, 3.63) is 16.5 Å². The van der Waals surface area contributed by atoms with Crippen LogP contribution in [0.25, 0.3) is 0 Å². The van der Waals surface area contributed by atoms with Gasteiger partial charge in [0.25, 0.3) is 15.9 Å². The van der Waals surface area contributed by atoms with Crippen molar-refractivity contribution in [2.24, 2.45) is 0 Å². The second kappa shape index (κ2) is 7.79. The van der Waals surface area contributed by atoms with E-state index in [2.05, 4.69) is 10.6 Å². The summed E-state index contributed by atoms with van der Waals surface area (Å²) < 4.78 is 27.1. The molecular weight excluding hydrogens is 376 g/mol. The number of quaternary nitrogens is 1. The van der Waals surface area contributed by atoms with Crippen LogP contribution in [0.3, 0.4) is 0 Å². The molecule has 1 atom stereocenters. The lowest BCUT2D eigenvalue weighted by Gasteiger charge is -2.33. The Morgan fingerprint density at radius 3 is 2.46 bits per heavy atom. The molecule has 11 heteroatoms. The van der Waals surface area contributed by atoms with Gasteiger partial charge in [0, 0.05) is 7.05 Å². The predicted molar refractivity (Wildman–Crippen MR) is 90.8 cm³/mol. The summed E-state index contributed by atoms with van der Waals surface area (Å²) in [5, 5.41) is 4.57. The molecule has 1 fully saturated rings. The fraction of sp³-hybridized carbons (Fsp3) is 0.538. The van der Waals surface area contributed by atoms with E-state index < -0.39 is 22.1 Å². The number of rotatable bonds is 4. The number of nitrogens with zero attached hydrogens (tertiary/aromatic N) is 1. The van der Waals surface area contributed by atoms with Crippen LogP contribution in [-0.4, -0.2) is 63.9 Å². The van der Waals surface area contributed by atoms with E-state index in [1.165, 1.54) is 17.4 Å². The molecule has 0 bridgehead atoms. The van der Waals surface area contributed by atoms with Crippen molar-refractivity contribution in [2.75, 3.05) is 33.2 Å². The Hall–Kier alpha value is -1.20. The lowest BCUT2D eigenvalue weighted by atomic mass is 10.2. The minimum atomic E-state index is -3.54. The molecule has 0 radical (unpaired) electrons. The van der Waals surface area contributed by atoms with E-state index in [1.807, 2.05) is 0 Å². The van der Waals surface area contributed by atoms with Crippen LogP contribution in [0, 0.1) is 0 Å². The first-order valence-corrected chi connectivity index (χ1v) is 10.0. The van der Waals surface area contributed by atoms with Crippen molar-refractivity contribution >= 4 is 44.9 Å². The number of thiophene rings is 1. The third kappa shape index (κ3) is 4.25. The normalized spacial score (nSPS) is 18.1. The van der Waals surface area contributed by atoms with Crippen molar-refractivity contribution in [1.29, 1.82) is 0 Å². The number of urea groups is 1. The number of carbonyl (C=O) groups excluding carboxylic acids is 2. The summed E-state index contributed by atoms with van der Waals surface area (Å²) in [5.41, 5.74) is 0. The number of piperazine rings is 1. The quantitative estimate of drug-likeness (QED) is 0.617. The molecule has 1 aromatic rings. The van der Waals surface area contributed by atoms with Gasteiger partial charge in [-0.2, -0.15) is 4.31 Å². The summed E-state index contributed by atoms with van der Waals surface area (Å²) in [6.45, 7) is 3.31. The molecule has 0 aliphatic carbocycles. The summed E-state index contributed by atoms with van der Waals surface area (Å²) in [5.74, 6) is -0.384. The minimum Gasteiger partial charge on any atom is -0.341 e. The summed E-state index contributed by atoms with van der Waals surface area (Å²) in [6, 6.07) is 2.07. The van der Waals surface area contributed by atoms with E-state index in [1.54, 1.807) is 13.0 Å². The van der Waals surface area contributed by atoms with Gasteiger partial charge >= 0.3 is 6.03 Å². The molecule has 1 aliphatic rings. The number of hydrogen-bond acceptors (Lipinski definition) is 5. The molecule has 24 heavy (non-hydrogen) atoms. The Kier molecular flexibility index (Phi) is 6.21. The van der Waals surface area contributed by atoms with Gasteiger partial charge in [0.1, 0.15) is 4.21 Å². The van der Waals surface area contributed by atoms with E-state index in [9.17, 15) is 18.0 Å². The molecule has 0 saturated carbocycles. The average Bonchev–Trinajstić information content (AvgIpc) is 3.01. The number of amides is 3. The van der Waals surface area contributed by atoms with Gasteiger partial charge in [-0.1, -0.05) is 11.6 Å². The zero-order valence-electron chi connectivity index (χ0n) is 13.3. The lowest BCUT2D eigenvalue weighted by Crippen LogP contribution is -3.19. The highest BCUT2D eigenvalue weighted by Gasteiger charge is 2.35. The van der Waals surface area contributed by atoms with Gasteiger partial charge < -0.3 is 10.2 Å². The minimum absolute atomic E-state index is 0.223. The Morgan fingerprint density at radius 2 is 1.96 bits per heavy atom. The number of imide groups is 1. The maximum atomic E-state index is 12.5. The van der Waals surface area contributed by atoms with Gasteiger partial charge in [-0.05, 0) is 19.1 Å². The van der Waals surface area contributed by atoms with E-state index in [0.717, 1.165) is 16.2 Å². The van der Waals surface area contributed by atoms with E-state index >= 15 is 0 Å². The number of sulfonamides is 1. The number of hydrogen-bond donors (Lipinski definition) is 3. The van der Waals surface area contributed by atoms with Gasteiger partial charge in [0.05, 0.1) is 30.5 Å². The lowest BCUT2D eigenvalue weighted by molar-refractivity contribution is -0.917. The second-order valence-electron chi connectivity index (χ2n) is 5.41. The van der Waals surface area contributed by atoms with Gasteiger partial charge in [-0.15, -0.1) is 11.3 Å². The number of halogens is 1. The van der Waals surface area contributed by atoms with Gasteiger partial charge in [-0.25, -0.2) is 13.2 Å². The molecule has 3 N–H and O–H groups in total. The molecule has 0 spiro atoms. The van der Waals surface area contributed by atoms with Crippen LogP contribution in [0.15, 0.2) is 16.3 Å². The fourth-order valence-corrected chi connectivity index (χ4v) is 5.56. The monoisotopic (exact) mass is 395 g/mol. The van der Waals surface area contributed by atoms with Gasteiger partial charge in [0.15, 0.2) is 6.04 Å². The van der Waals surface area contributed by atoms with Crippen LogP contribution in [-0.2, 0) is 14.8 Å². The predicted octanol–water partition coefficient (Wildman–Crippen LogP) is -0.865. The topological polar surface area (TPSA) is 100 Å². The van der Waals surface area contributed by atoms with Crippen molar-refractivity contribution in [1.82, 2.24) is 14.9 Å². The first-order chi connectivity index (χ1) is 11.3. The molecular formula is C13H20ClN4O4S2+. The maximum absolute atomic E-state index is 12.5. The summed E-state index contributed by atoms with van der Waals surface area (Å²) in [4.78, 5) is 24.1. The SMILES string of the molecule is CNC(=O)NC(=O)[C@H](C)[NH+]1CCN(S(=O)(=O)c2ccc(Cl)s2)CC1. The van der Waals surface area contributed by atoms with Crippen LogP contribution in [0.2, 0.25) is 4.34 Å². The van der Waals surface area contributed by atoms with Crippen LogP contribution >= 0.6 is 22.9 Å². The molecule has 134 valence electrons. The largest absolute Gasteiger partial charge is 0.341 e. The Bertz CT molecular complexity index is 713. The Labute approximate surface area is 149 Å². The number of carbonyl (C=O) groups is 2. The van der Waals surface area contributed by atoms with Crippen molar-refractivity contribution < 1.29 is 22.9 Å². The second-order valence-corrected chi connectivity index (χ2v) is 9.29. The Morgan fingerprint density at radius 1 is 1.33 bits per heavy atom. The molecule has 2 heterocycles. The van der Waals surface area contributed by atoms with Gasteiger partial charge in [-0.3, -0.25) is 10.1 Å². The summed E-state index contributed by atoms with van der Waals surface area (Å²) >= 11 is 6.84. The van der Waals surface area contributed by atoms with Gasteiger partial charge in [0.2, 0.25) is 0 Å². The summed E-state index contributed by atoms with van der Waals surface area (Å²) in [6.07, 6.45) is 0. The van der Waals surface area contributed by atoms with Crippen molar-refractivity contribution in [3.8, 4) is 0 Å². The molecule has 1 aromatic heterocycles. The third-order valence-electron chi connectivity index (χ3n) is 3.98. The fourth-order valence-electron chi connectivity index (χ4n) is 2.48. The molecule has 0 aromatic carbocycles. The molecule has 8 nitrogen and oxygen atoms in total. The maximum Gasteiger partial charge on any atom is 0.321 e. The van der Waals surface area contributed by atoms with Crippen molar-refractivity contribution in [3.63, 3.8) is 0 Å². The highest BCUT2D eigenvalue weighted by molar-refractivity contribution is 7.91. The van der Waals surface area contributed by atoms with Crippen LogP contribution in [0.5, 0.6) is 0 Å². The third-order valence-corrected chi connectivity index (χ3v) is 7.57.